The lowest BCUT2D eigenvalue weighted by Crippen LogP contribution is -2.13. The Morgan fingerprint density at radius 1 is 1.33 bits per heavy atom. The Bertz CT molecular complexity index is 844. The van der Waals surface area contributed by atoms with Gasteiger partial charge in [-0.1, -0.05) is 35.1 Å². The van der Waals surface area contributed by atoms with Crippen molar-refractivity contribution in [3.8, 4) is 0 Å². The van der Waals surface area contributed by atoms with E-state index in [1.807, 2.05) is 25.1 Å². The van der Waals surface area contributed by atoms with Crippen molar-refractivity contribution in [1.29, 1.82) is 0 Å². The van der Waals surface area contributed by atoms with Crippen molar-refractivity contribution >= 4 is 49.9 Å². The first-order valence-electron chi connectivity index (χ1n) is 6.27. The van der Waals surface area contributed by atoms with E-state index in [4.69, 9.17) is 17.3 Å². The number of thiazole rings is 1. The molecule has 1 amide bonds. The number of hydrogen-bond acceptors (Lipinski definition) is 4. The third kappa shape index (κ3) is 2.70. The van der Waals surface area contributed by atoms with Crippen LogP contribution in [-0.2, 0) is 0 Å². The molecule has 6 heteroatoms. The first-order chi connectivity index (χ1) is 10.0. The fraction of sp³-hybridized carbons (Fsp3) is 0.0667. The van der Waals surface area contributed by atoms with E-state index in [-0.39, 0.29) is 11.6 Å². The summed E-state index contributed by atoms with van der Waals surface area (Å²) in [6.45, 7) is 2.02. The Morgan fingerprint density at radius 3 is 2.95 bits per heavy atom. The Morgan fingerprint density at radius 2 is 2.14 bits per heavy atom. The van der Waals surface area contributed by atoms with Crippen molar-refractivity contribution in [2.75, 3.05) is 11.1 Å². The van der Waals surface area contributed by atoms with Gasteiger partial charge in [0, 0.05) is 0 Å². The topological polar surface area (TPSA) is 68.0 Å². The van der Waals surface area contributed by atoms with Gasteiger partial charge in [0.15, 0.2) is 5.13 Å². The number of carbonyl (C=O) groups excluding carboxylic acids is 1. The highest BCUT2D eigenvalue weighted by atomic mass is 35.5. The SMILES string of the molecule is Cc1ccc2nc(NC(=O)c3cccc(Cl)c3N)sc2c1. The number of nitrogens with two attached hydrogens (primary N) is 1. The number of aromatic nitrogens is 1. The number of anilines is 2. The summed E-state index contributed by atoms with van der Waals surface area (Å²) in [5.41, 5.74) is 8.46. The van der Waals surface area contributed by atoms with Crippen molar-refractivity contribution < 1.29 is 4.79 Å². The third-order valence-electron chi connectivity index (χ3n) is 3.06. The minimum absolute atomic E-state index is 0.272. The molecule has 4 nitrogen and oxygen atoms in total. The molecule has 0 saturated heterocycles. The van der Waals surface area contributed by atoms with Crippen molar-refractivity contribution in [2.24, 2.45) is 0 Å². The number of nitrogen functional groups attached to an aromatic ring is 1. The van der Waals surface area contributed by atoms with Gasteiger partial charge in [-0.05, 0) is 36.8 Å². The normalized spacial score (nSPS) is 10.8. The predicted molar refractivity (Wildman–Crippen MR) is 88.2 cm³/mol. The quantitative estimate of drug-likeness (QED) is 0.699. The maximum Gasteiger partial charge on any atom is 0.259 e. The van der Waals surface area contributed by atoms with E-state index in [9.17, 15) is 4.79 Å². The number of benzene rings is 2. The number of rotatable bonds is 2. The van der Waals surface area contributed by atoms with E-state index in [1.165, 1.54) is 11.3 Å². The molecule has 1 heterocycles. The number of halogens is 1. The number of fused-ring (bicyclic) bond motifs is 1. The number of nitrogens with one attached hydrogen (secondary N) is 1. The third-order valence-corrected chi connectivity index (χ3v) is 4.33. The van der Waals surface area contributed by atoms with E-state index in [1.54, 1.807) is 18.2 Å². The number of para-hydroxylation sites is 1. The van der Waals surface area contributed by atoms with Crippen LogP contribution in [0.3, 0.4) is 0 Å². The molecular weight excluding hydrogens is 306 g/mol. The van der Waals surface area contributed by atoms with Crippen LogP contribution >= 0.6 is 22.9 Å². The second-order valence-electron chi connectivity index (χ2n) is 4.65. The van der Waals surface area contributed by atoms with Crippen molar-refractivity contribution in [1.82, 2.24) is 4.98 Å². The molecule has 0 aliphatic carbocycles. The fourth-order valence-corrected chi connectivity index (χ4v) is 3.12. The second-order valence-corrected chi connectivity index (χ2v) is 6.08. The molecule has 1 aromatic heterocycles. The average Bonchev–Trinajstić information content (AvgIpc) is 2.83. The molecule has 0 fully saturated rings. The Kier molecular flexibility index (Phi) is 3.53. The second kappa shape index (κ2) is 5.35. The van der Waals surface area contributed by atoms with Crippen LogP contribution in [0.15, 0.2) is 36.4 Å². The van der Waals surface area contributed by atoms with E-state index >= 15 is 0 Å². The highest BCUT2D eigenvalue weighted by Crippen LogP contribution is 2.28. The molecule has 0 atom stereocenters. The number of carbonyl (C=O) groups is 1. The molecule has 0 unspecified atom stereocenters. The molecule has 3 aromatic rings. The van der Waals surface area contributed by atoms with Gasteiger partial charge in [-0.2, -0.15) is 0 Å². The summed E-state index contributed by atoms with van der Waals surface area (Å²) in [4.78, 5) is 16.6. The van der Waals surface area contributed by atoms with Crippen LogP contribution in [0.1, 0.15) is 15.9 Å². The van der Waals surface area contributed by atoms with Gasteiger partial charge in [-0.3, -0.25) is 10.1 Å². The van der Waals surface area contributed by atoms with Crippen LogP contribution < -0.4 is 11.1 Å². The molecule has 106 valence electrons. The molecule has 3 N–H and O–H groups in total. The van der Waals surface area contributed by atoms with Gasteiger partial charge in [0.2, 0.25) is 0 Å². The van der Waals surface area contributed by atoms with Gasteiger partial charge in [0.25, 0.3) is 5.91 Å². The summed E-state index contributed by atoms with van der Waals surface area (Å²) in [6.07, 6.45) is 0. The van der Waals surface area contributed by atoms with Gasteiger partial charge in [-0.15, -0.1) is 0 Å². The van der Waals surface area contributed by atoms with E-state index in [2.05, 4.69) is 10.3 Å². The molecule has 0 aliphatic rings. The van der Waals surface area contributed by atoms with Crippen LogP contribution in [0, 0.1) is 6.92 Å². The Balaban J connectivity index is 1.91. The van der Waals surface area contributed by atoms with Crippen LogP contribution in [-0.4, -0.2) is 10.9 Å². The summed E-state index contributed by atoms with van der Waals surface area (Å²) in [5, 5.41) is 3.67. The summed E-state index contributed by atoms with van der Waals surface area (Å²) >= 11 is 7.35. The van der Waals surface area contributed by atoms with Gasteiger partial charge >= 0.3 is 0 Å². The van der Waals surface area contributed by atoms with Gasteiger partial charge in [-0.25, -0.2) is 4.98 Å². The summed E-state index contributed by atoms with van der Waals surface area (Å²) in [6, 6.07) is 10.9. The lowest BCUT2D eigenvalue weighted by Gasteiger charge is -2.06. The van der Waals surface area contributed by atoms with Gasteiger partial charge < -0.3 is 5.73 Å². The zero-order chi connectivity index (χ0) is 15.0. The van der Waals surface area contributed by atoms with Crippen LogP contribution in [0.25, 0.3) is 10.2 Å². The van der Waals surface area contributed by atoms with Crippen molar-refractivity contribution in [3.05, 3.63) is 52.5 Å². The van der Waals surface area contributed by atoms with Crippen molar-refractivity contribution in [3.63, 3.8) is 0 Å². The number of aryl methyl sites for hydroxylation is 1. The van der Waals surface area contributed by atoms with Crippen LogP contribution in [0.2, 0.25) is 5.02 Å². The monoisotopic (exact) mass is 317 g/mol. The lowest BCUT2D eigenvalue weighted by molar-refractivity contribution is 0.102. The van der Waals surface area contributed by atoms with Crippen LogP contribution in [0.4, 0.5) is 10.8 Å². The first-order valence-corrected chi connectivity index (χ1v) is 7.46. The first kappa shape index (κ1) is 13.9. The molecule has 0 bridgehead atoms. The zero-order valence-corrected chi connectivity index (χ0v) is 12.8. The average molecular weight is 318 g/mol. The van der Waals surface area contributed by atoms with Crippen molar-refractivity contribution in [2.45, 2.75) is 6.92 Å². The smallest absolute Gasteiger partial charge is 0.259 e. The Labute approximate surface area is 130 Å². The predicted octanol–water partition coefficient (Wildman–Crippen LogP) is 4.09. The van der Waals surface area contributed by atoms with E-state index in [0.717, 1.165) is 15.8 Å². The van der Waals surface area contributed by atoms with Gasteiger partial charge in [0.1, 0.15) is 0 Å². The summed E-state index contributed by atoms with van der Waals surface area (Å²) in [7, 11) is 0. The molecule has 0 spiro atoms. The highest BCUT2D eigenvalue weighted by Gasteiger charge is 2.14. The standard InChI is InChI=1S/C15H12ClN3OS/c1-8-5-6-11-12(7-8)21-15(18-11)19-14(20)9-3-2-4-10(16)13(9)17/h2-7H,17H2,1H3,(H,18,19,20). The number of hydrogen-bond donors (Lipinski definition) is 2. The minimum Gasteiger partial charge on any atom is -0.397 e. The molecule has 3 rings (SSSR count). The highest BCUT2D eigenvalue weighted by molar-refractivity contribution is 7.22. The minimum atomic E-state index is -0.314. The lowest BCUT2D eigenvalue weighted by atomic mass is 10.1. The number of amides is 1. The maximum atomic E-state index is 12.2. The van der Waals surface area contributed by atoms with E-state index < -0.39 is 0 Å². The Hall–Kier alpha value is -2.11. The fourth-order valence-electron chi connectivity index (χ4n) is 1.98. The molecule has 0 saturated carbocycles. The summed E-state index contributed by atoms with van der Waals surface area (Å²) in [5.74, 6) is -0.314. The molecule has 2 aromatic carbocycles. The van der Waals surface area contributed by atoms with Crippen LogP contribution in [0.5, 0.6) is 0 Å². The van der Waals surface area contributed by atoms with E-state index in [0.29, 0.717) is 15.7 Å². The molecule has 0 aliphatic heterocycles. The summed E-state index contributed by atoms with van der Waals surface area (Å²) < 4.78 is 1.03. The number of nitrogens with zero attached hydrogens (tertiary/aromatic N) is 1. The molecule has 0 radical (unpaired) electrons. The molecular formula is C15H12ClN3OS. The largest absolute Gasteiger partial charge is 0.397 e. The van der Waals surface area contributed by atoms with Gasteiger partial charge in [0.05, 0.1) is 26.5 Å². The maximum absolute atomic E-state index is 12.2. The zero-order valence-electron chi connectivity index (χ0n) is 11.2. The molecule has 21 heavy (non-hydrogen) atoms.